The van der Waals surface area contributed by atoms with Gasteiger partial charge in [0.1, 0.15) is 10.8 Å². The lowest BCUT2D eigenvalue weighted by molar-refractivity contribution is 0.387. The fourth-order valence-corrected chi connectivity index (χ4v) is 2.89. The number of nitrogens with zero attached hydrogens (tertiary/aromatic N) is 3. The Hall–Kier alpha value is -1.66. The first kappa shape index (κ1) is 13.3. The zero-order chi connectivity index (χ0) is 14.1. The molecule has 104 valence electrons. The van der Waals surface area contributed by atoms with Crippen molar-refractivity contribution in [3.8, 4) is 5.75 Å². The maximum Gasteiger partial charge on any atom is 0.167 e. The Morgan fingerprint density at radius 1 is 1.45 bits per heavy atom. The molecule has 0 N–H and O–H groups in total. The second-order valence-corrected chi connectivity index (χ2v) is 5.40. The molecule has 0 unspecified atom stereocenters. The molecule has 0 aliphatic rings. The zero-order valence-electron chi connectivity index (χ0n) is 10.6. The van der Waals surface area contributed by atoms with Gasteiger partial charge in [-0.25, -0.2) is 14.4 Å². The molecule has 0 atom stereocenters. The van der Waals surface area contributed by atoms with Gasteiger partial charge in [-0.3, -0.25) is 0 Å². The topological polar surface area (TPSA) is 39.9 Å². The molecular formula is C13H11ClFN3OS. The van der Waals surface area contributed by atoms with E-state index in [9.17, 15) is 4.39 Å². The number of ether oxygens (including phenoxy) is 1. The predicted octanol–water partition coefficient (Wildman–Crippen LogP) is 3.43. The zero-order valence-corrected chi connectivity index (χ0v) is 12.2. The van der Waals surface area contributed by atoms with Crippen LogP contribution in [-0.2, 0) is 12.4 Å². The molecule has 2 aromatic heterocycles. The first-order valence-electron chi connectivity index (χ1n) is 5.90. The van der Waals surface area contributed by atoms with E-state index in [1.165, 1.54) is 13.2 Å². The van der Waals surface area contributed by atoms with Gasteiger partial charge < -0.3 is 9.30 Å². The third-order valence-corrected chi connectivity index (χ3v) is 4.00. The average Bonchev–Trinajstić information content (AvgIpc) is 3.06. The standard InChI is InChI=1S/C13H11ClFN3OS/c1-19-11-5-10-9(4-8(11)15)17-12(6-14)18(10)7-13-16-2-3-20-13/h2-5H,6-7H2,1H3. The van der Waals surface area contributed by atoms with Crippen molar-refractivity contribution >= 4 is 34.0 Å². The number of hydrogen-bond acceptors (Lipinski definition) is 4. The number of rotatable bonds is 4. The Bertz CT molecular complexity index is 742. The number of fused-ring (bicyclic) bond motifs is 1. The smallest absolute Gasteiger partial charge is 0.167 e. The van der Waals surface area contributed by atoms with Crippen LogP contribution < -0.4 is 4.74 Å². The highest BCUT2D eigenvalue weighted by atomic mass is 35.5. The number of halogens is 2. The van der Waals surface area contributed by atoms with E-state index in [4.69, 9.17) is 16.3 Å². The normalized spacial score (nSPS) is 11.2. The van der Waals surface area contributed by atoms with Gasteiger partial charge in [0.05, 0.1) is 30.6 Å². The number of methoxy groups -OCH3 is 1. The van der Waals surface area contributed by atoms with Crippen LogP contribution in [0.5, 0.6) is 5.75 Å². The SMILES string of the molecule is COc1cc2c(cc1F)nc(CCl)n2Cc1nccs1. The van der Waals surface area contributed by atoms with Crippen molar-refractivity contribution in [3.05, 3.63) is 40.4 Å². The Kier molecular flexibility index (Phi) is 3.58. The molecule has 3 rings (SSSR count). The lowest BCUT2D eigenvalue weighted by atomic mass is 10.3. The maximum atomic E-state index is 13.7. The van der Waals surface area contributed by atoms with Gasteiger partial charge in [0.25, 0.3) is 0 Å². The van der Waals surface area contributed by atoms with Gasteiger partial charge in [0, 0.05) is 23.7 Å². The summed E-state index contributed by atoms with van der Waals surface area (Å²) in [5, 5.41) is 2.86. The van der Waals surface area contributed by atoms with E-state index in [2.05, 4.69) is 9.97 Å². The van der Waals surface area contributed by atoms with E-state index in [0.717, 1.165) is 10.5 Å². The van der Waals surface area contributed by atoms with Crippen LogP contribution in [0.15, 0.2) is 23.7 Å². The lowest BCUT2D eigenvalue weighted by Gasteiger charge is -2.07. The highest BCUT2D eigenvalue weighted by molar-refractivity contribution is 7.09. The Balaban J connectivity index is 2.17. The average molecular weight is 312 g/mol. The van der Waals surface area contributed by atoms with Crippen LogP contribution in [0.2, 0.25) is 0 Å². The molecule has 2 heterocycles. The van der Waals surface area contributed by atoms with Crippen LogP contribution in [-0.4, -0.2) is 21.6 Å². The van der Waals surface area contributed by atoms with Crippen LogP contribution in [0.3, 0.4) is 0 Å². The van der Waals surface area contributed by atoms with Gasteiger partial charge in [0.2, 0.25) is 0 Å². The van der Waals surface area contributed by atoms with Crippen molar-refractivity contribution in [1.29, 1.82) is 0 Å². The highest BCUT2D eigenvalue weighted by Gasteiger charge is 2.15. The molecule has 0 bridgehead atoms. The van der Waals surface area contributed by atoms with Crippen molar-refractivity contribution in [3.63, 3.8) is 0 Å². The fourth-order valence-electron chi connectivity index (χ4n) is 2.08. The molecule has 0 radical (unpaired) electrons. The van der Waals surface area contributed by atoms with Gasteiger partial charge >= 0.3 is 0 Å². The lowest BCUT2D eigenvalue weighted by Crippen LogP contribution is -2.03. The molecule has 0 amide bonds. The van der Waals surface area contributed by atoms with E-state index in [1.807, 2.05) is 9.95 Å². The second-order valence-electron chi connectivity index (χ2n) is 4.15. The number of aromatic nitrogens is 3. The molecule has 0 spiro atoms. The summed E-state index contributed by atoms with van der Waals surface area (Å²) < 4.78 is 20.7. The summed E-state index contributed by atoms with van der Waals surface area (Å²) >= 11 is 7.49. The van der Waals surface area contributed by atoms with E-state index in [1.54, 1.807) is 23.6 Å². The Labute approximate surface area is 123 Å². The van der Waals surface area contributed by atoms with Crippen LogP contribution in [0.4, 0.5) is 4.39 Å². The third kappa shape index (κ3) is 2.25. The number of alkyl halides is 1. The number of imidazole rings is 1. The van der Waals surface area contributed by atoms with E-state index in [-0.39, 0.29) is 11.6 Å². The van der Waals surface area contributed by atoms with Crippen LogP contribution >= 0.6 is 22.9 Å². The predicted molar refractivity (Wildman–Crippen MR) is 77.0 cm³/mol. The van der Waals surface area contributed by atoms with E-state index >= 15 is 0 Å². The largest absolute Gasteiger partial charge is 0.494 e. The molecule has 0 aliphatic carbocycles. The Morgan fingerprint density at radius 3 is 2.95 bits per heavy atom. The molecule has 1 aromatic carbocycles. The van der Waals surface area contributed by atoms with Crippen LogP contribution in [0.25, 0.3) is 11.0 Å². The van der Waals surface area contributed by atoms with Crippen molar-refractivity contribution in [2.75, 3.05) is 7.11 Å². The Morgan fingerprint density at radius 2 is 2.30 bits per heavy atom. The molecule has 20 heavy (non-hydrogen) atoms. The van der Waals surface area contributed by atoms with E-state index in [0.29, 0.717) is 17.9 Å². The van der Waals surface area contributed by atoms with Crippen LogP contribution in [0, 0.1) is 5.82 Å². The third-order valence-electron chi connectivity index (χ3n) is 3.00. The van der Waals surface area contributed by atoms with Crippen molar-refractivity contribution in [2.24, 2.45) is 0 Å². The summed E-state index contributed by atoms with van der Waals surface area (Å²) in [5.41, 5.74) is 1.35. The van der Waals surface area contributed by atoms with Crippen molar-refractivity contribution in [2.45, 2.75) is 12.4 Å². The molecular weight excluding hydrogens is 301 g/mol. The monoisotopic (exact) mass is 311 g/mol. The van der Waals surface area contributed by atoms with Crippen LogP contribution in [0.1, 0.15) is 10.8 Å². The molecule has 4 nitrogen and oxygen atoms in total. The van der Waals surface area contributed by atoms with Crippen molar-refractivity contribution in [1.82, 2.24) is 14.5 Å². The highest BCUT2D eigenvalue weighted by Crippen LogP contribution is 2.27. The quantitative estimate of drug-likeness (QED) is 0.693. The second kappa shape index (κ2) is 5.38. The minimum atomic E-state index is -0.431. The molecule has 0 saturated heterocycles. The summed E-state index contributed by atoms with van der Waals surface area (Å²) in [6.07, 6.45) is 1.75. The van der Waals surface area contributed by atoms with Gasteiger partial charge in [0.15, 0.2) is 11.6 Å². The fraction of sp³-hybridized carbons (Fsp3) is 0.231. The van der Waals surface area contributed by atoms with Gasteiger partial charge in [-0.15, -0.1) is 22.9 Å². The molecule has 0 aliphatic heterocycles. The molecule has 0 fully saturated rings. The van der Waals surface area contributed by atoms with Crippen molar-refractivity contribution < 1.29 is 9.13 Å². The number of thiazole rings is 1. The van der Waals surface area contributed by atoms with Gasteiger partial charge in [-0.2, -0.15) is 0 Å². The van der Waals surface area contributed by atoms with E-state index < -0.39 is 5.82 Å². The summed E-state index contributed by atoms with van der Waals surface area (Å²) in [6.45, 7) is 0.561. The number of hydrogen-bond donors (Lipinski definition) is 0. The minimum Gasteiger partial charge on any atom is -0.494 e. The summed E-state index contributed by atoms with van der Waals surface area (Å²) in [6, 6.07) is 3.00. The summed E-state index contributed by atoms with van der Waals surface area (Å²) in [7, 11) is 1.44. The minimum absolute atomic E-state index is 0.193. The summed E-state index contributed by atoms with van der Waals surface area (Å²) in [4.78, 5) is 8.62. The van der Waals surface area contributed by atoms with Gasteiger partial charge in [-0.1, -0.05) is 0 Å². The maximum absolute atomic E-state index is 13.7. The summed E-state index contributed by atoms with van der Waals surface area (Å²) in [5.74, 6) is 0.702. The molecule has 3 aromatic rings. The van der Waals surface area contributed by atoms with Gasteiger partial charge in [-0.05, 0) is 0 Å². The number of benzene rings is 1. The molecule has 0 saturated carbocycles. The first-order chi connectivity index (χ1) is 9.72. The first-order valence-corrected chi connectivity index (χ1v) is 7.31. The molecule has 7 heteroatoms.